The van der Waals surface area contributed by atoms with E-state index >= 15 is 0 Å². The highest BCUT2D eigenvalue weighted by Crippen LogP contribution is 2.40. The molecule has 1 N–H and O–H groups in total. The third-order valence-electron chi connectivity index (χ3n) is 5.93. The van der Waals surface area contributed by atoms with Gasteiger partial charge in [0, 0.05) is 37.1 Å². The lowest BCUT2D eigenvalue weighted by atomic mass is 9.78. The first-order chi connectivity index (χ1) is 13.7. The summed E-state index contributed by atoms with van der Waals surface area (Å²) in [5.74, 6) is 2.69. The average Bonchev–Trinajstić information content (AvgIpc) is 3.34. The molecule has 2 aromatic rings. The lowest BCUT2D eigenvalue weighted by molar-refractivity contribution is -0.0232. The minimum atomic E-state index is -0.553. The fraction of sp³-hybridized carbons (Fsp3) is 0.429. The number of hydrogen-bond donors (Lipinski definition) is 1. The van der Waals surface area contributed by atoms with Crippen molar-refractivity contribution < 1.29 is 24.1 Å². The number of carbonyl (C=O) groups excluding carboxylic acids is 1. The normalized spacial score (nSPS) is 28.1. The van der Waals surface area contributed by atoms with Crippen molar-refractivity contribution in [3.05, 3.63) is 48.3 Å². The number of pyridine rings is 1. The second-order valence-electron chi connectivity index (χ2n) is 7.68. The number of nitrogens with zero attached hydrogens (tertiary/aromatic N) is 2. The van der Waals surface area contributed by atoms with Gasteiger partial charge in [-0.3, -0.25) is 9.78 Å². The number of benzene rings is 1. The third kappa shape index (κ3) is 3.16. The van der Waals surface area contributed by atoms with Crippen LogP contribution in [-0.4, -0.2) is 53.0 Å². The summed E-state index contributed by atoms with van der Waals surface area (Å²) in [5.41, 5.74) is 0.655. The summed E-state index contributed by atoms with van der Waals surface area (Å²) in [7, 11) is 0. The molecule has 146 valence electrons. The molecule has 0 bridgehead atoms. The van der Waals surface area contributed by atoms with Crippen molar-refractivity contribution in [3.63, 3.8) is 0 Å². The number of hydrogen-bond acceptors (Lipinski definition) is 6. The SMILES string of the molecule is O=C(c1ccncc1)N1C[C@H]2C[C@@H](Oc3ccc4c(c3)OCO4)[C@H](O)C[C@H]2C1. The molecule has 1 aromatic heterocycles. The van der Waals surface area contributed by atoms with Crippen LogP contribution in [-0.2, 0) is 0 Å². The minimum absolute atomic E-state index is 0.0273. The average molecular weight is 382 g/mol. The molecule has 2 aliphatic heterocycles. The second kappa shape index (κ2) is 6.98. The summed E-state index contributed by atoms with van der Waals surface area (Å²) in [6.45, 7) is 1.59. The van der Waals surface area contributed by atoms with E-state index in [4.69, 9.17) is 14.2 Å². The van der Waals surface area contributed by atoms with Crippen molar-refractivity contribution in [2.75, 3.05) is 19.9 Å². The van der Waals surface area contributed by atoms with Crippen LogP contribution in [0.4, 0.5) is 0 Å². The van der Waals surface area contributed by atoms with Crippen LogP contribution in [0.1, 0.15) is 23.2 Å². The Hall–Kier alpha value is -2.80. The standard InChI is InChI=1S/C21H22N2O5/c24-17-7-14-10-23(21(25)13-3-5-22-6-4-13)11-15(14)8-19(17)28-16-1-2-18-20(9-16)27-12-26-18/h1-6,9,14-15,17,19,24H,7-8,10-12H2/t14-,15+,17+,19+/m0/s1. The number of carbonyl (C=O) groups is 1. The molecule has 0 radical (unpaired) electrons. The van der Waals surface area contributed by atoms with Gasteiger partial charge in [-0.25, -0.2) is 0 Å². The topological polar surface area (TPSA) is 81.1 Å². The van der Waals surface area contributed by atoms with Crippen LogP contribution in [0.3, 0.4) is 0 Å². The molecule has 1 aromatic carbocycles. The van der Waals surface area contributed by atoms with E-state index in [2.05, 4.69) is 4.98 Å². The maximum absolute atomic E-state index is 12.7. The van der Waals surface area contributed by atoms with Crippen molar-refractivity contribution in [2.45, 2.75) is 25.0 Å². The summed E-state index contributed by atoms with van der Waals surface area (Å²) in [6, 6.07) is 8.94. The van der Waals surface area contributed by atoms with E-state index in [1.165, 1.54) is 0 Å². The first-order valence-corrected chi connectivity index (χ1v) is 9.61. The van der Waals surface area contributed by atoms with Crippen molar-refractivity contribution >= 4 is 5.91 Å². The highest BCUT2D eigenvalue weighted by molar-refractivity contribution is 5.94. The summed E-state index contributed by atoms with van der Waals surface area (Å²) in [4.78, 5) is 18.6. The van der Waals surface area contributed by atoms with E-state index in [1.54, 1.807) is 30.6 Å². The van der Waals surface area contributed by atoms with Crippen LogP contribution < -0.4 is 14.2 Å². The van der Waals surface area contributed by atoms with E-state index in [1.807, 2.05) is 17.0 Å². The van der Waals surface area contributed by atoms with Gasteiger partial charge in [-0.15, -0.1) is 0 Å². The largest absolute Gasteiger partial charge is 0.488 e. The van der Waals surface area contributed by atoms with Crippen LogP contribution in [0, 0.1) is 11.8 Å². The molecule has 1 saturated heterocycles. The molecule has 28 heavy (non-hydrogen) atoms. The Balaban J connectivity index is 1.26. The fourth-order valence-electron chi connectivity index (χ4n) is 4.48. The van der Waals surface area contributed by atoms with Crippen LogP contribution in [0.5, 0.6) is 17.2 Å². The Kier molecular flexibility index (Phi) is 4.31. The summed E-state index contributed by atoms with van der Waals surface area (Å²) in [5, 5.41) is 10.6. The van der Waals surface area contributed by atoms with Gasteiger partial charge >= 0.3 is 0 Å². The number of ether oxygens (including phenoxy) is 3. The number of aromatic nitrogens is 1. The molecule has 3 aliphatic rings. The maximum Gasteiger partial charge on any atom is 0.253 e. The number of likely N-dealkylation sites (tertiary alicyclic amines) is 1. The van der Waals surface area contributed by atoms with Crippen molar-refractivity contribution in [2.24, 2.45) is 11.8 Å². The molecule has 0 unspecified atom stereocenters. The van der Waals surface area contributed by atoms with E-state index in [9.17, 15) is 9.90 Å². The number of amides is 1. The molecule has 3 heterocycles. The van der Waals surface area contributed by atoms with Gasteiger partial charge in [0.05, 0.1) is 6.10 Å². The van der Waals surface area contributed by atoms with Gasteiger partial charge in [0.25, 0.3) is 5.91 Å². The Morgan fingerprint density at radius 2 is 1.82 bits per heavy atom. The quantitative estimate of drug-likeness (QED) is 0.876. The molecular weight excluding hydrogens is 360 g/mol. The first-order valence-electron chi connectivity index (χ1n) is 9.61. The predicted molar refractivity (Wildman–Crippen MR) is 99.3 cm³/mol. The zero-order valence-corrected chi connectivity index (χ0v) is 15.4. The lowest BCUT2D eigenvalue weighted by Gasteiger charge is -2.35. The minimum Gasteiger partial charge on any atom is -0.488 e. The predicted octanol–water partition coefficient (Wildman–Crippen LogP) is 2.10. The number of fused-ring (bicyclic) bond motifs is 2. The van der Waals surface area contributed by atoms with Gasteiger partial charge in [0.1, 0.15) is 11.9 Å². The monoisotopic (exact) mass is 382 g/mol. The van der Waals surface area contributed by atoms with E-state index in [0.29, 0.717) is 54.2 Å². The van der Waals surface area contributed by atoms with E-state index in [0.717, 1.165) is 6.42 Å². The second-order valence-corrected chi connectivity index (χ2v) is 7.68. The fourth-order valence-corrected chi connectivity index (χ4v) is 4.48. The van der Waals surface area contributed by atoms with Gasteiger partial charge in [-0.1, -0.05) is 0 Å². The third-order valence-corrected chi connectivity index (χ3v) is 5.93. The summed E-state index contributed by atoms with van der Waals surface area (Å²) >= 11 is 0. The van der Waals surface area contributed by atoms with Gasteiger partial charge in [-0.05, 0) is 48.9 Å². The molecule has 5 rings (SSSR count). The Morgan fingerprint density at radius 1 is 1.07 bits per heavy atom. The Labute approximate surface area is 162 Å². The number of rotatable bonds is 3. The number of aliphatic hydroxyl groups excluding tert-OH is 1. The van der Waals surface area contributed by atoms with Crippen LogP contribution in [0.25, 0.3) is 0 Å². The van der Waals surface area contributed by atoms with Gasteiger partial charge in [0.15, 0.2) is 11.5 Å². The highest BCUT2D eigenvalue weighted by atomic mass is 16.7. The summed E-state index contributed by atoms with van der Waals surface area (Å²) in [6.07, 6.45) is 3.78. The molecule has 1 aliphatic carbocycles. The smallest absolute Gasteiger partial charge is 0.253 e. The molecule has 7 heteroatoms. The molecule has 2 fully saturated rings. The van der Waals surface area contributed by atoms with Gasteiger partial charge in [-0.2, -0.15) is 0 Å². The van der Waals surface area contributed by atoms with Crippen LogP contribution >= 0.6 is 0 Å². The van der Waals surface area contributed by atoms with Crippen molar-refractivity contribution in [1.82, 2.24) is 9.88 Å². The van der Waals surface area contributed by atoms with Gasteiger partial charge in [0.2, 0.25) is 6.79 Å². The van der Waals surface area contributed by atoms with Crippen LogP contribution in [0.2, 0.25) is 0 Å². The zero-order valence-electron chi connectivity index (χ0n) is 15.4. The number of aliphatic hydroxyl groups is 1. The zero-order chi connectivity index (χ0) is 19.1. The molecule has 1 saturated carbocycles. The van der Waals surface area contributed by atoms with Crippen molar-refractivity contribution in [3.8, 4) is 17.2 Å². The molecule has 4 atom stereocenters. The van der Waals surface area contributed by atoms with E-state index < -0.39 is 6.10 Å². The summed E-state index contributed by atoms with van der Waals surface area (Å²) < 4.78 is 16.8. The molecule has 1 amide bonds. The highest BCUT2D eigenvalue weighted by Gasteiger charge is 2.44. The first kappa shape index (κ1) is 17.3. The van der Waals surface area contributed by atoms with E-state index in [-0.39, 0.29) is 18.8 Å². The van der Waals surface area contributed by atoms with Crippen LogP contribution in [0.15, 0.2) is 42.7 Å². The van der Waals surface area contributed by atoms with Gasteiger partial charge < -0.3 is 24.2 Å². The maximum atomic E-state index is 12.7. The Bertz CT molecular complexity index is 874. The molecular formula is C21H22N2O5. The lowest BCUT2D eigenvalue weighted by Crippen LogP contribution is -2.42. The molecule has 0 spiro atoms. The Morgan fingerprint density at radius 3 is 2.64 bits per heavy atom. The van der Waals surface area contributed by atoms with Crippen molar-refractivity contribution in [1.29, 1.82) is 0 Å². The molecule has 7 nitrogen and oxygen atoms in total.